The largest absolute Gasteiger partial charge is 0.462 e. The van der Waals surface area contributed by atoms with Crippen molar-refractivity contribution in [2.75, 3.05) is 0 Å². The first-order valence-corrected chi connectivity index (χ1v) is 10.6. The Balaban J connectivity index is 0.00000124. The standard InChI is InChI=1S/C26H24O2.C2H6/c1-19-3-11-23(12-4-19)27-25-15-7-21(8-16-25)22-9-17-26(18-10-22)28-24-13-5-20(2)6-14-24;1-2/h3-9,11-17H,10,18H2,1-2H3;1-2H3. The highest BCUT2D eigenvalue weighted by Crippen LogP contribution is 2.30. The van der Waals surface area contributed by atoms with Gasteiger partial charge in [0.25, 0.3) is 0 Å². The van der Waals surface area contributed by atoms with Crippen molar-refractivity contribution in [2.24, 2.45) is 0 Å². The quantitative estimate of drug-likeness (QED) is 0.430. The van der Waals surface area contributed by atoms with E-state index in [1.807, 2.05) is 50.2 Å². The lowest BCUT2D eigenvalue weighted by molar-refractivity contribution is 0.403. The number of rotatable bonds is 5. The van der Waals surface area contributed by atoms with Crippen LogP contribution in [-0.4, -0.2) is 0 Å². The lowest BCUT2D eigenvalue weighted by atomic mass is 9.96. The van der Waals surface area contributed by atoms with E-state index in [0.29, 0.717) is 0 Å². The number of ether oxygens (including phenoxy) is 2. The van der Waals surface area contributed by atoms with Crippen LogP contribution in [0.15, 0.2) is 90.7 Å². The molecule has 3 aromatic carbocycles. The van der Waals surface area contributed by atoms with Gasteiger partial charge in [-0.3, -0.25) is 0 Å². The van der Waals surface area contributed by atoms with Crippen molar-refractivity contribution in [3.8, 4) is 17.2 Å². The van der Waals surface area contributed by atoms with Gasteiger partial charge in [0.1, 0.15) is 23.0 Å². The highest BCUT2D eigenvalue weighted by molar-refractivity contribution is 5.69. The zero-order valence-corrected chi connectivity index (χ0v) is 18.3. The van der Waals surface area contributed by atoms with Gasteiger partial charge in [-0.1, -0.05) is 67.4 Å². The summed E-state index contributed by atoms with van der Waals surface area (Å²) in [5.41, 5.74) is 5.01. The third kappa shape index (κ3) is 5.87. The number of hydrogen-bond donors (Lipinski definition) is 0. The van der Waals surface area contributed by atoms with Gasteiger partial charge in [0, 0.05) is 6.42 Å². The summed E-state index contributed by atoms with van der Waals surface area (Å²) in [5, 5.41) is 0. The van der Waals surface area contributed by atoms with E-state index in [9.17, 15) is 0 Å². The van der Waals surface area contributed by atoms with E-state index in [1.54, 1.807) is 0 Å². The van der Waals surface area contributed by atoms with E-state index in [1.165, 1.54) is 22.3 Å². The normalized spacial score (nSPS) is 12.8. The molecule has 0 saturated heterocycles. The SMILES string of the molecule is CC.Cc1ccc(OC2=CC=C(c3ccc(Oc4ccc(C)cc4)cc3)CC2)cc1. The maximum Gasteiger partial charge on any atom is 0.127 e. The molecule has 3 aromatic rings. The van der Waals surface area contributed by atoms with Gasteiger partial charge in [-0.05, 0) is 73.9 Å². The van der Waals surface area contributed by atoms with Crippen LogP contribution in [0.4, 0.5) is 0 Å². The fraction of sp³-hybridized carbons (Fsp3) is 0.214. The second-order valence-electron chi connectivity index (χ2n) is 7.18. The van der Waals surface area contributed by atoms with Gasteiger partial charge in [-0.15, -0.1) is 0 Å². The third-order valence-electron chi connectivity index (χ3n) is 4.86. The van der Waals surface area contributed by atoms with Crippen molar-refractivity contribution in [3.05, 3.63) is 107 Å². The molecule has 0 aliphatic heterocycles. The molecule has 0 bridgehead atoms. The molecule has 2 heteroatoms. The molecule has 1 aliphatic rings. The third-order valence-corrected chi connectivity index (χ3v) is 4.86. The van der Waals surface area contributed by atoms with Gasteiger partial charge in [0.15, 0.2) is 0 Å². The first-order chi connectivity index (χ1) is 14.7. The Morgan fingerprint density at radius 2 is 1.00 bits per heavy atom. The van der Waals surface area contributed by atoms with Gasteiger partial charge in [-0.2, -0.15) is 0 Å². The molecule has 0 amide bonds. The molecule has 0 unspecified atom stereocenters. The van der Waals surface area contributed by atoms with Crippen LogP contribution in [0.2, 0.25) is 0 Å². The zero-order valence-electron chi connectivity index (χ0n) is 18.3. The molecule has 0 radical (unpaired) electrons. The first-order valence-electron chi connectivity index (χ1n) is 10.6. The van der Waals surface area contributed by atoms with Gasteiger partial charge < -0.3 is 9.47 Å². The Labute approximate surface area is 180 Å². The van der Waals surface area contributed by atoms with Gasteiger partial charge >= 0.3 is 0 Å². The molecular formula is C28H30O2. The number of benzene rings is 3. The van der Waals surface area contributed by atoms with Crippen LogP contribution in [0.5, 0.6) is 17.2 Å². The molecule has 0 heterocycles. The Kier molecular flexibility index (Phi) is 7.51. The zero-order chi connectivity index (χ0) is 21.3. The maximum atomic E-state index is 5.98. The first kappa shape index (κ1) is 21.4. The number of allylic oxidation sites excluding steroid dienone is 4. The minimum atomic E-state index is 0.850. The number of aryl methyl sites for hydroxylation is 2. The lowest BCUT2D eigenvalue weighted by Gasteiger charge is -2.16. The Bertz CT molecular complexity index is 992. The molecule has 154 valence electrons. The summed E-state index contributed by atoms with van der Waals surface area (Å²) in [7, 11) is 0. The van der Waals surface area contributed by atoms with Crippen molar-refractivity contribution < 1.29 is 9.47 Å². The van der Waals surface area contributed by atoms with Crippen LogP contribution in [-0.2, 0) is 0 Å². The molecule has 0 saturated carbocycles. The minimum absolute atomic E-state index is 0.850. The van der Waals surface area contributed by atoms with E-state index in [-0.39, 0.29) is 0 Å². The Hall–Kier alpha value is -3.26. The van der Waals surface area contributed by atoms with Gasteiger partial charge in [0.2, 0.25) is 0 Å². The van der Waals surface area contributed by atoms with E-state index in [0.717, 1.165) is 35.8 Å². The Morgan fingerprint density at radius 3 is 1.47 bits per heavy atom. The molecule has 30 heavy (non-hydrogen) atoms. The van der Waals surface area contributed by atoms with Gasteiger partial charge in [-0.25, -0.2) is 0 Å². The van der Waals surface area contributed by atoms with Gasteiger partial charge in [0.05, 0.1) is 0 Å². The topological polar surface area (TPSA) is 18.5 Å². The molecule has 1 aliphatic carbocycles. The highest BCUT2D eigenvalue weighted by atomic mass is 16.5. The summed E-state index contributed by atoms with van der Waals surface area (Å²) in [4.78, 5) is 0. The van der Waals surface area contributed by atoms with Crippen molar-refractivity contribution in [1.82, 2.24) is 0 Å². The summed E-state index contributed by atoms with van der Waals surface area (Å²) in [6.45, 7) is 8.15. The Morgan fingerprint density at radius 1 is 0.533 bits per heavy atom. The molecule has 0 spiro atoms. The van der Waals surface area contributed by atoms with E-state index >= 15 is 0 Å². The predicted octanol–water partition coefficient (Wildman–Crippen LogP) is 8.26. The second kappa shape index (κ2) is 10.5. The van der Waals surface area contributed by atoms with Crippen molar-refractivity contribution >= 4 is 5.57 Å². The van der Waals surface area contributed by atoms with E-state index in [4.69, 9.17) is 9.47 Å². The minimum Gasteiger partial charge on any atom is -0.462 e. The van der Waals surface area contributed by atoms with Crippen molar-refractivity contribution in [2.45, 2.75) is 40.5 Å². The fourth-order valence-corrected chi connectivity index (χ4v) is 3.18. The van der Waals surface area contributed by atoms with Crippen molar-refractivity contribution in [3.63, 3.8) is 0 Å². The summed E-state index contributed by atoms with van der Waals surface area (Å²) in [6, 6.07) is 24.6. The second-order valence-corrected chi connectivity index (χ2v) is 7.18. The summed E-state index contributed by atoms with van der Waals surface area (Å²) < 4.78 is 11.9. The predicted molar refractivity (Wildman–Crippen MR) is 126 cm³/mol. The molecule has 0 aromatic heterocycles. The molecule has 4 rings (SSSR count). The summed E-state index contributed by atoms with van der Waals surface area (Å²) >= 11 is 0. The van der Waals surface area contributed by atoms with Crippen LogP contribution in [0.3, 0.4) is 0 Å². The molecular weight excluding hydrogens is 368 g/mol. The smallest absolute Gasteiger partial charge is 0.127 e. The summed E-state index contributed by atoms with van der Waals surface area (Å²) in [6.07, 6.45) is 6.11. The lowest BCUT2D eigenvalue weighted by Crippen LogP contribution is -2.00. The molecule has 0 fully saturated rings. The van der Waals surface area contributed by atoms with Crippen LogP contribution >= 0.6 is 0 Å². The average molecular weight is 399 g/mol. The molecule has 0 N–H and O–H groups in total. The molecule has 0 atom stereocenters. The van der Waals surface area contributed by atoms with E-state index < -0.39 is 0 Å². The van der Waals surface area contributed by atoms with Crippen LogP contribution in [0.25, 0.3) is 5.57 Å². The monoisotopic (exact) mass is 398 g/mol. The van der Waals surface area contributed by atoms with E-state index in [2.05, 4.69) is 62.4 Å². The summed E-state index contributed by atoms with van der Waals surface area (Å²) in [5.74, 6) is 3.61. The van der Waals surface area contributed by atoms with Crippen LogP contribution in [0.1, 0.15) is 43.4 Å². The van der Waals surface area contributed by atoms with Crippen LogP contribution in [0, 0.1) is 13.8 Å². The fourth-order valence-electron chi connectivity index (χ4n) is 3.18. The average Bonchev–Trinajstić information content (AvgIpc) is 2.79. The van der Waals surface area contributed by atoms with Crippen LogP contribution < -0.4 is 9.47 Å². The molecule has 2 nitrogen and oxygen atoms in total. The highest BCUT2D eigenvalue weighted by Gasteiger charge is 2.10. The number of hydrogen-bond acceptors (Lipinski definition) is 2. The van der Waals surface area contributed by atoms with Crippen molar-refractivity contribution in [1.29, 1.82) is 0 Å². The maximum absolute atomic E-state index is 5.98.